The van der Waals surface area contributed by atoms with Crippen LogP contribution in [0.5, 0.6) is 5.88 Å². The first-order chi connectivity index (χ1) is 6.79. The van der Waals surface area contributed by atoms with Gasteiger partial charge in [0.1, 0.15) is 0 Å². The van der Waals surface area contributed by atoms with Gasteiger partial charge < -0.3 is 4.74 Å². The Kier molecular flexibility index (Phi) is 2.49. The Morgan fingerprint density at radius 2 is 2.29 bits per heavy atom. The van der Waals surface area contributed by atoms with Gasteiger partial charge in [-0.3, -0.25) is 0 Å². The average molecular weight is 254 g/mol. The van der Waals surface area contributed by atoms with Gasteiger partial charge in [0, 0.05) is 12.3 Å². The van der Waals surface area contributed by atoms with Crippen LogP contribution in [0.25, 0.3) is 5.82 Å². The lowest BCUT2D eigenvalue weighted by atomic mass is 10.4. The summed E-state index contributed by atoms with van der Waals surface area (Å²) in [5.41, 5.74) is 0. The Labute approximate surface area is 89.7 Å². The van der Waals surface area contributed by atoms with E-state index in [1.54, 1.807) is 24.1 Å². The molecule has 0 bridgehead atoms. The first-order valence-electron chi connectivity index (χ1n) is 4.01. The SMILES string of the molecule is COc1cccc(-n2cc(Br)cn2)n1. The molecule has 0 aliphatic rings. The number of hydrogen-bond acceptors (Lipinski definition) is 3. The van der Waals surface area contributed by atoms with Crippen molar-refractivity contribution in [3.05, 3.63) is 35.1 Å². The second-order valence-corrected chi connectivity index (χ2v) is 3.56. The van der Waals surface area contributed by atoms with Crippen molar-refractivity contribution in [2.45, 2.75) is 0 Å². The largest absolute Gasteiger partial charge is 0.481 e. The molecule has 5 heteroatoms. The summed E-state index contributed by atoms with van der Waals surface area (Å²) in [5, 5.41) is 4.11. The molecule has 2 heterocycles. The zero-order valence-electron chi connectivity index (χ0n) is 7.51. The Morgan fingerprint density at radius 3 is 2.93 bits per heavy atom. The summed E-state index contributed by atoms with van der Waals surface area (Å²) < 4.78 is 7.61. The van der Waals surface area contributed by atoms with Crippen LogP contribution >= 0.6 is 15.9 Å². The fourth-order valence-corrected chi connectivity index (χ4v) is 1.36. The van der Waals surface area contributed by atoms with Gasteiger partial charge in [-0.2, -0.15) is 10.1 Å². The second kappa shape index (κ2) is 3.79. The number of ether oxygens (including phenoxy) is 1. The molecule has 0 aromatic carbocycles. The number of pyridine rings is 1. The van der Waals surface area contributed by atoms with Gasteiger partial charge in [-0.1, -0.05) is 6.07 Å². The Hall–Kier alpha value is -1.36. The fraction of sp³-hybridized carbons (Fsp3) is 0.111. The molecule has 0 fully saturated rings. The lowest BCUT2D eigenvalue weighted by molar-refractivity contribution is 0.397. The molecule has 0 spiro atoms. The van der Waals surface area contributed by atoms with Crippen LogP contribution in [0.1, 0.15) is 0 Å². The third kappa shape index (κ3) is 1.77. The maximum absolute atomic E-state index is 5.02. The van der Waals surface area contributed by atoms with Gasteiger partial charge in [-0.25, -0.2) is 4.68 Å². The molecule has 14 heavy (non-hydrogen) atoms. The predicted octanol–water partition coefficient (Wildman–Crippen LogP) is 2.04. The molecule has 2 aromatic rings. The molecule has 0 radical (unpaired) electrons. The Morgan fingerprint density at radius 1 is 1.43 bits per heavy atom. The summed E-state index contributed by atoms with van der Waals surface area (Å²) in [7, 11) is 1.59. The maximum atomic E-state index is 5.02. The first kappa shape index (κ1) is 9.21. The Bertz CT molecular complexity index is 441. The van der Waals surface area contributed by atoms with Crippen molar-refractivity contribution in [2.75, 3.05) is 7.11 Å². The summed E-state index contributed by atoms with van der Waals surface area (Å²) >= 11 is 3.32. The molecule has 0 N–H and O–H groups in total. The highest BCUT2D eigenvalue weighted by atomic mass is 79.9. The Balaban J connectivity index is 2.41. The highest BCUT2D eigenvalue weighted by molar-refractivity contribution is 9.10. The monoisotopic (exact) mass is 253 g/mol. The van der Waals surface area contributed by atoms with Gasteiger partial charge >= 0.3 is 0 Å². The van der Waals surface area contributed by atoms with Crippen LogP contribution in [0, 0.1) is 0 Å². The van der Waals surface area contributed by atoms with E-state index in [-0.39, 0.29) is 0 Å². The smallest absolute Gasteiger partial charge is 0.214 e. The van der Waals surface area contributed by atoms with Crippen molar-refractivity contribution < 1.29 is 4.74 Å². The molecule has 0 amide bonds. The van der Waals surface area contributed by atoms with Crippen LogP contribution < -0.4 is 4.74 Å². The standard InChI is InChI=1S/C9H8BrN3O/c1-14-9-4-2-3-8(12-9)13-6-7(10)5-11-13/h2-6H,1H3. The van der Waals surface area contributed by atoms with Crippen molar-refractivity contribution in [3.63, 3.8) is 0 Å². The van der Waals surface area contributed by atoms with Crippen LogP contribution in [-0.4, -0.2) is 21.9 Å². The van der Waals surface area contributed by atoms with Crippen LogP contribution in [0.15, 0.2) is 35.1 Å². The minimum atomic E-state index is 0.578. The topological polar surface area (TPSA) is 39.9 Å². The summed E-state index contributed by atoms with van der Waals surface area (Å²) in [6.07, 6.45) is 3.54. The molecular formula is C9H8BrN3O. The predicted molar refractivity (Wildman–Crippen MR) is 55.6 cm³/mol. The molecule has 0 aliphatic carbocycles. The van der Waals surface area contributed by atoms with Crippen molar-refractivity contribution >= 4 is 15.9 Å². The second-order valence-electron chi connectivity index (χ2n) is 2.64. The highest BCUT2D eigenvalue weighted by Gasteiger charge is 2.01. The molecule has 0 saturated heterocycles. The van der Waals surface area contributed by atoms with E-state index in [1.807, 2.05) is 18.3 Å². The van der Waals surface area contributed by atoms with Crippen molar-refractivity contribution in [1.29, 1.82) is 0 Å². The molecule has 2 rings (SSSR count). The van der Waals surface area contributed by atoms with Gasteiger partial charge in [-0.15, -0.1) is 0 Å². The van der Waals surface area contributed by atoms with E-state index in [0.29, 0.717) is 5.88 Å². The summed E-state index contributed by atoms with van der Waals surface area (Å²) in [4.78, 5) is 4.23. The van der Waals surface area contributed by atoms with Gasteiger partial charge in [0.2, 0.25) is 5.88 Å². The van der Waals surface area contributed by atoms with E-state index < -0.39 is 0 Å². The van der Waals surface area contributed by atoms with E-state index >= 15 is 0 Å². The van der Waals surface area contributed by atoms with Crippen LogP contribution in [0.2, 0.25) is 0 Å². The highest BCUT2D eigenvalue weighted by Crippen LogP contribution is 2.13. The first-order valence-corrected chi connectivity index (χ1v) is 4.80. The molecule has 2 aromatic heterocycles. The number of hydrogen-bond donors (Lipinski definition) is 0. The van der Waals surface area contributed by atoms with E-state index in [1.165, 1.54) is 0 Å². The van der Waals surface area contributed by atoms with E-state index in [0.717, 1.165) is 10.3 Å². The van der Waals surface area contributed by atoms with Crippen LogP contribution in [0.4, 0.5) is 0 Å². The summed E-state index contributed by atoms with van der Waals surface area (Å²) in [5.74, 6) is 1.31. The molecule has 0 aliphatic heterocycles. The number of rotatable bonds is 2. The third-order valence-electron chi connectivity index (χ3n) is 1.70. The van der Waals surface area contributed by atoms with E-state index in [2.05, 4.69) is 26.0 Å². The number of aromatic nitrogens is 3. The van der Waals surface area contributed by atoms with Crippen LogP contribution in [-0.2, 0) is 0 Å². The van der Waals surface area contributed by atoms with Gasteiger partial charge in [-0.05, 0) is 22.0 Å². The summed E-state index contributed by atoms with van der Waals surface area (Å²) in [6.45, 7) is 0. The number of nitrogens with zero attached hydrogens (tertiary/aromatic N) is 3. The lowest BCUT2D eigenvalue weighted by Gasteiger charge is -2.02. The van der Waals surface area contributed by atoms with Gasteiger partial charge in [0.15, 0.2) is 5.82 Å². The number of halogens is 1. The zero-order chi connectivity index (χ0) is 9.97. The van der Waals surface area contributed by atoms with Crippen molar-refractivity contribution in [3.8, 4) is 11.7 Å². The molecule has 72 valence electrons. The van der Waals surface area contributed by atoms with E-state index in [9.17, 15) is 0 Å². The van der Waals surface area contributed by atoms with Gasteiger partial charge in [0.25, 0.3) is 0 Å². The average Bonchev–Trinajstić information content (AvgIpc) is 2.65. The van der Waals surface area contributed by atoms with Crippen molar-refractivity contribution in [2.24, 2.45) is 0 Å². The van der Waals surface area contributed by atoms with Crippen LogP contribution in [0.3, 0.4) is 0 Å². The zero-order valence-corrected chi connectivity index (χ0v) is 9.10. The maximum Gasteiger partial charge on any atom is 0.214 e. The lowest BCUT2D eigenvalue weighted by Crippen LogP contribution is -1.98. The molecular weight excluding hydrogens is 246 g/mol. The third-order valence-corrected chi connectivity index (χ3v) is 2.11. The van der Waals surface area contributed by atoms with Gasteiger partial charge in [0.05, 0.1) is 17.8 Å². The molecule has 0 atom stereocenters. The van der Waals surface area contributed by atoms with E-state index in [4.69, 9.17) is 4.74 Å². The quantitative estimate of drug-likeness (QED) is 0.823. The minimum Gasteiger partial charge on any atom is -0.481 e. The number of methoxy groups -OCH3 is 1. The fourth-order valence-electron chi connectivity index (χ4n) is 1.07. The molecule has 4 nitrogen and oxygen atoms in total. The summed E-state index contributed by atoms with van der Waals surface area (Å²) in [6, 6.07) is 5.53. The minimum absolute atomic E-state index is 0.578. The molecule has 0 saturated carbocycles. The van der Waals surface area contributed by atoms with Crippen molar-refractivity contribution in [1.82, 2.24) is 14.8 Å². The molecule has 0 unspecified atom stereocenters. The normalized spacial score (nSPS) is 10.1.